The number of rotatable bonds is 5. The summed E-state index contributed by atoms with van der Waals surface area (Å²) < 4.78 is 11.7. The molecule has 0 aromatic carbocycles. The summed E-state index contributed by atoms with van der Waals surface area (Å²) in [6.07, 6.45) is 5.93. The lowest BCUT2D eigenvalue weighted by atomic mass is 9.82. The molecule has 3 heteroatoms. The molecule has 0 radical (unpaired) electrons. The van der Waals surface area contributed by atoms with Gasteiger partial charge in [0.25, 0.3) is 0 Å². The average molecular weight is 293 g/mol. The van der Waals surface area contributed by atoms with Crippen molar-refractivity contribution in [1.82, 2.24) is 5.32 Å². The first-order chi connectivity index (χ1) is 9.82. The fraction of sp³-hybridized carbons (Fsp3) is 0.778. The van der Waals surface area contributed by atoms with E-state index in [9.17, 15) is 0 Å². The molecule has 1 saturated carbocycles. The first-order valence-corrected chi connectivity index (χ1v) is 8.25. The first kappa shape index (κ1) is 16.6. The number of nitrogens with one attached hydrogen (secondary N) is 1. The van der Waals surface area contributed by atoms with Crippen LogP contribution in [-0.4, -0.2) is 11.6 Å². The Bertz CT molecular complexity index is 423. The van der Waals surface area contributed by atoms with E-state index in [1.165, 1.54) is 24.8 Å². The molecule has 2 unspecified atom stereocenters. The van der Waals surface area contributed by atoms with Crippen molar-refractivity contribution in [2.45, 2.75) is 78.7 Å². The molecule has 0 aliphatic heterocycles. The van der Waals surface area contributed by atoms with Gasteiger partial charge in [-0.05, 0) is 57.9 Å². The van der Waals surface area contributed by atoms with Crippen molar-refractivity contribution in [2.24, 2.45) is 11.8 Å². The molecule has 2 atom stereocenters. The number of furan rings is 1. The molecule has 1 N–H and O–H groups in total. The SMILES string of the molecule is CC1CC(C)CC(OCc2cc(CNC(C)(C)C)co2)C1. The summed E-state index contributed by atoms with van der Waals surface area (Å²) in [6, 6.07) is 2.11. The molecule has 120 valence electrons. The molecule has 2 rings (SSSR count). The molecule has 0 saturated heterocycles. The van der Waals surface area contributed by atoms with Crippen molar-refractivity contribution in [3.8, 4) is 0 Å². The minimum atomic E-state index is 0.127. The summed E-state index contributed by atoms with van der Waals surface area (Å²) in [5.74, 6) is 2.50. The molecule has 0 amide bonds. The number of ether oxygens (including phenoxy) is 1. The van der Waals surface area contributed by atoms with Crippen LogP contribution in [0.25, 0.3) is 0 Å². The van der Waals surface area contributed by atoms with Crippen LogP contribution in [0.1, 0.15) is 65.2 Å². The van der Waals surface area contributed by atoms with Gasteiger partial charge in [-0.15, -0.1) is 0 Å². The fourth-order valence-electron chi connectivity index (χ4n) is 3.17. The molecular weight excluding hydrogens is 262 g/mol. The summed E-state index contributed by atoms with van der Waals surface area (Å²) in [5, 5.41) is 3.47. The van der Waals surface area contributed by atoms with Crippen LogP contribution in [0.3, 0.4) is 0 Å². The van der Waals surface area contributed by atoms with Crippen molar-refractivity contribution in [2.75, 3.05) is 0 Å². The van der Waals surface area contributed by atoms with Gasteiger partial charge < -0.3 is 14.5 Å². The van der Waals surface area contributed by atoms with Crippen molar-refractivity contribution >= 4 is 0 Å². The maximum atomic E-state index is 6.05. The molecule has 1 aliphatic rings. The van der Waals surface area contributed by atoms with Crippen LogP contribution >= 0.6 is 0 Å². The molecule has 1 aliphatic carbocycles. The van der Waals surface area contributed by atoms with E-state index < -0.39 is 0 Å². The Kier molecular flexibility index (Phi) is 5.50. The maximum absolute atomic E-state index is 6.05. The number of hydrogen-bond acceptors (Lipinski definition) is 3. The lowest BCUT2D eigenvalue weighted by molar-refractivity contribution is -0.0156. The van der Waals surface area contributed by atoms with Gasteiger partial charge in [0.05, 0.1) is 12.4 Å². The van der Waals surface area contributed by atoms with Crippen LogP contribution in [0.5, 0.6) is 0 Å². The zero-order valence-corrected chi connectivity index (χ0v) is 14.2. The molecular formula is C18H31NO2. The van der Waals surface area contributed by atoms with E-state index in [0.717, 1.165) is 24.1 Å². The topological polar surface area (TPSA) is 34.4 Å². The van der Waals surface area contributed by atoms with Gasteiger partial charge in [-0.25, -0.2) is 0 Å². The smallest absolute Gasteiger partial charge is 0.129 e. The summed E-state index contributed by atoms with van der Waals surface area (Å²) in [5.41, 5.74) is 1.32. The van der Waals surface area contributed by atoms with E-state index in [0.29, 0.717) is 12.7 Å². The highest BCUT2D eigenvalue weighted by Gasteiger charge is 2.24. The van der Waals surface area contributed by atoms with E-state index in [4.69, 9.17) is 9.15 Å². The normalized spacial score (nSPS) is 27.0. The van der Waals surface area contributed by atoms with Gasteiger partial charge >= 0.3 is 0 Å². The highest BCUT2D eigenvalue weighted by molar-refractivity contribution is 5.12. The zero-order chi connectivity index (χ0) is 15.5. The van der Waals surface area contributed by atoms with Crippen molar-refractivity contribution in [3.05, 3.63) is 23.7 Å². The predicted molar refractivity (Wildman–Crippen MR) is 86.1 cm³/mol. The fourth-order valence-corrected chi connectivity index (χ4v) is 3.17. The van der Waals surface area contributed by atoms with Gasteiger partial charge in [-0.1, -0.05) is 13.8 Å². The molecule has 1 aromatic rings. The van der Waals surface area contributed by atoms with Gasteiger partial charge in [0, 0.05) is 17.6 Å². The van der Waals surface area contributed by atoms with E-state index in [1.54, 1.807) is 0 Å². The maximum Gasteiger partial charge on any atom is 0.129 e. The van der Waals surface area contributed by atoms with Crippen LogP contribution in [0.4, 0.5) is 0 Å². The largest absolute Gasteiger partial charge is 0.467 e. The van der Waals surface area contributed by atoms with E-state index in [2.05, 4.69) is 46.0 Å². The Morgan fingerprint density at radius 3 is 2.48 bits per heavy atom. The summed E-state index contributed by atoms with van der Waals surface area (Å²) in [4.78, 5) is 0. The summed E-state index contributed by atoms with van der Waals surface area (Å²) in [7, 11) is 0. The van der Waals surface area contributed by atoms with Gasteiger partial charge in [-0.3, -0.25) is 0 Å². The molecule has 0 spiro atoms. The second kappa shape index (κ2) is 6.97. The minimum absolute atomic E-state index is 0.127. The van der Waals surface area contributed by atoms with Gasteiger partial charge in [0.15, 0.2) is 0 Å². The quantitative estimate of drug-likeness (QED) is 0.867. The molecule has 3 nitrogen and oxygen atoms in total. The minimum Gasteiger partial charge on any atom is -0.467 e. The number of hydrogen-bond donors (Lipinski definition) is 1. The third-order valence-corrected chi connectivity index (χ3v) is 4.13. The van der Waals surface area contributed by atoms with Crippen LogP contribution in [0.15, 0.2) is 16.7 Å². The Morgan fingerprint density at radius 1 is 1.19 bits per heavy atom. The van der Waals surface area contributed by atoms with Crippen molar-refractivity contribution < 1.29 is 9.15 Å². The Morgan fingerprint density at radius 2 is 1.86 bits per heavy atom. The van der Waals surface area contributed by atoms with Crippen molar-refractivity contribution in [3.63, 3.8) is 0 Å². The predicted octanol–water partition coefficient (Wildman–Crippen LogP) is 4.51. The van der Waals surface area contributed by atoms with Crippen LogP contribution < -0.4 is 5.32 Å². The van der Waals surface area contributed by atoms with Gasteiger partial charge in [0.2, 0.25) is 0 Å². The third-order valence-electron chi connectivity index (χ3n) is 4.13. The molecule has 1 heterocycles. The van der Waals surface area contributed by atoms with Crippen LogP contribution in [0.2, 0.25) is 0 Å². The highest BCUT2D eigenvalue weighted by Crippen LogP contribution is 2.30. The highest BCUT2D eigenvalue weighted by atomic mass is 16.5. The van der Waals surface area contributed by atoms with E-state index >= 15 is 0 Å². The molecule has 1 fully saturated rings. The Hall–Kier alpha value is -0.800. The first-order valence-electron chi connectivity index (χ1n) is 8.25. The third kappa shape index (κ3) is 5.84. The lowest BCUT2D eigenvalue weighted by Crippen LogP contribution is -2.34. The van der Waals surface area contributed by atoms with Crippen LogP contribution in [0, 0.1) is 11.8 Å². The monoisotopic (exact) mass is 293 g/mol. The summed E-state index contributed by atoms with van der Waals surface area (Å²) in [6.45, 7) is 12.6. The van der Waals surface area contributed by atoms with Gasteiger partial charge in [-0.2, -0.15) is 0 Å². The summed E-state index contributed by atoms with van der Waals surface area (Å²) >= 11 is 0. The van der Waals surface area contributed by atoms with Crippen LogP contribution in [-0.2, 0) is 17.9 Å². The molecule has 0 bridgehead atoms. The Balaban J connectivity index is 1.77. The lowest BCUT2D eigenvalue weighted by Gasteiger charge is -2.31. The standard InChI is InChI=1S/C18H31NO2/c1-13-6-14(2)8-16(7-13)21-12-17-9-15(11-20-17)10-19-18(3,4)5/h9,11,13-14,16,19H,6-8,10,12H2,1-5H3. The second-order valence-corrected chi connectivity index (χ2v) is 7.88. The molecule has 1 aromatic heterocycles. The average Bonchev–Trinajstić information content (AvgIpc) is 2.80. The van der Waals surface area contributed by atoms with E-state index in [-0.39, 0.29) is 5.54 Å². The van der Waals surface area contributed by atoms with Crippen molar-refractivity contribution in [1.29, 1.82) is 0 Å². The van der Waals surface area contributed by atoms with Gasteiger partial charge in [0.1, 0.15) is 12.4 Å². The Labute approximate surface area is 129 Å². The molecule has 21 heavy (non-hydrogen) atoms. The zero-order valence-electron chi connectivity index (χ0n) is 14.2. The second-order valence-electron chi connectivity index (χ2n) is 7.88. The van der Waals surface area contributed by atoms with E-state index in [1.807, 2.05) is 6.26 Å².